The Labute approximate surface area is 77.4 Å². The Bertz CT molecular complexity index is 137. The Hall–Kier alpha value is 0.490. The van der Waals surface area contributed by atoms with Crippen molar-refractivity contribution in [2.24, 2.45) is 0 Å². The van der Waals surface area contributed by atoms with Gasteiger partial charge in [-0.2, -0.15) is 12.6 Å². The number of halogens is 1. The molecule has 0 aromatic carbocycles. The Kier molecular flexibility index (Phi) is 6.33. The molecule has 0 saturated heterocycles. The zero-order valence-corrected chi connectivity index (χ0v) is 8.60. The third-order valence-corrected chi connectivity index (χ3v) is 2.20. The van der Waals surface area contributed by atoms with Gasteiger partial charge in [0, 0.05) is 5.75 Å². The molecule has 0 aliphatic heterocycles. The van der Waals surface area contributed by atoms with Gasteiger partial charge in [-0.05, 0) is 6.66 Å². The molecule has 0 aliphatic carbocycles. The van der Waals surface area contributed by atoms with Gasteiger partial charge in [0.25, 0.3) is 0 Å². The first kappa shape index (κ1) is 11.5. The van der Waals surface area contributed by atoms with Crippen LogP contribution < -0.4 is 9.81 Å². The predicted octanol–water partition coefficient (Wildman–Crippen LogP) is 0.747. The summed E-state index contributed by atoms with van der Waals surface area (Å²) in [6.07, 6.45) is 0. The number of amides is 1. The van der Waals surface area contributed by atoms with Gasteiger partial charge in [0.1, 0.15) is 6.04 Å². The molecule has 0 heterocycles. The maximum Gasteiger partial charge on any atom is 0.247 e. The smallest absolute Gasteiger partial charge is 0.247 e. The second-order valence-electron chi connectivity index (χ2n) is 1.82. The average Bonchev–Trinajstić information content (AvgIpc) is 1.98. The second-order valence-corrected chi connectivity index (χ2v) is 3.62. The minimum atomic E-state index is -1.78. The lowest BCUT2D eigenvalue weighted by atomic mass is 10.3. The van der Waals surface area contributed by atoms with Crippen LogP contribution in [0.25, 0.3) is 0 Å². The van der Waals surface area contributed by atoms with Gasteiger partial charge in [-0.25, -0.2) is 4.20 Å². The fraction of sp³-hybridized carbons (Fsp3) is 0.750. The van der Waals surface area contributed by atoms with Crippen molar-refractivity contribution in [2.45, 2.75) is 6.04 Å². The summed E-state index contributed by atoms with van der Waals surface area (Å²) in [6.45, 7) is 1.37. The van der Waals surface area contributed by atoms with Gasteiger partial charge < -0.3 is 4.72 Å². The van der Waals surface area contributed by atoms with Crippen LogP contribution in [-0.4, -0.2) is 24.4 Å². The van der Waals surface area contributed by atoms with E-state index in [1.54, 1.807) is 0 Å². The van der Waals surface area contributed by atoms with Crippen LogP contribution in [0.5, 0.6) is 0 Å². The van der Waals surface area contributed by atoms with Crippen molar-refractivity contribution >= 4 is 39.7 Å². The van der Waals surface area contributed by atoms with Crippen molar-refractivity contribution in [1.29, 1.82) is 0 Å². The van der Waals surface area contributed by atoms with E-state index in [1.807, 2.05) is 0 Å². The summed E-state index contributed by atoms with van der Waals surface area (Å²) in [7, 11) is -1.78. The van der Waals surface area contributed by atoms with Crippen molar-refractivity contribution < 1.29 is 8.99 Å². The molecule has 0 aromatic rings. The van der Waals surface area contributed by atoms with Gasteiger partial charge in [0.05, 0.1) is 0 Å². The summed E-state index contributed by atoms with van der Waals surface area (Å²) in [6, 6.07) is -0.600. The number of hydrogen-bond donors (Lipinski definition) is 4. The third kappa shape index (κ3) is 4.85. The molecule has 0 rings (SSSR count). The molecular formula is C4H10FN2OPS2. The van der Waals surface area contributed by atoms with E-state index in [-0.39, 0.29) is 11.7 Å². The summed E-state index contributed by atoms with van der Waals surface area (Å²) in [5.41, 5.74) is 0. The lowest BCUT2D eigenvalue weighted by Crippen LogP contribution is -2.39. The number of rotatable bonds is 4. The standard InChI is InChI=1S/C4H10FN2OPS2/c1-9(5)6-3(2-10)4(8)7-11/h3,6,10-11H,2H2,1H3,(H,7,8). The molecule has 0 bridgehead atoms. The Morgan fingerprint density at radius 1 is 1.82 bits per heavy atom. The molecule has 3 nitrogen and oxygen atoms in total. The van der Waals surface area contributed by atoms with Gasteiger partial charge >= 0.3 is 0 Å². The van der Waals surface area contributed by atoms with Crippen molar-refractivity contribution in [3.05, 3.63) is 0 Å². The molecule has 66 valence electrons. The van der Waals surface area contributed by atoms with E-state index in [0.717, 1.165) is 0 Å². The van der Waals surface area contributed by atoms with E-state index in [1.165, 1.54) is 6.66 Å². The summed E-state index contributed by atoms with van der Waals surface area (Å²) < 4.78 is 14.5. The highest BCUT2D eigenvalue weighted by molar-refractivity contribution is 7.80. The lowest BCUT2D eigenvalue weighted by Gasteiger charge is -2.13. The Morgan fingerprint density at radius 3 is 2.64 bits per heavy atom. The van der Waals surface area contributed by atoms with E-state index in [2.05, 4.69) is 35.3 Å². The molecule has 2 atom stereocenters. The van der Waals surface area contributed by atoms with Crippen LogP contribution in [0.3, 0.4) is 0 Å². The van der Waals surface area contributed by atoms with E-state index in [4.69, 9.17) is 0 Å². The summed E-state index contributed by atoms with van der Waals surface area (Å²) in [4.78, 5) is 10.8. The molecule has 0 saturated carbocycles. The monoisotopic (exact) mass is 216 g/mol. The Balaban J connectivity index is 3.84. The first-order valence-electron chi connectivity index (χ1n) is 2.82. The fourth-order valence-corrected chi connectivity index (χ4v) is 1.67. The molecule has 2 unspecified atom stereocenters. The van der Waals surface area contributed by atoms with E-state index < -0.39 is 14.4 Å². The molecule has 0 aliphatic rings. The number of nitrogens with one attached hydrogen (secondary N) is 2. The maximum atomic E-state index is 12.4. The largest absolute Gasteiger partial charge is 0.301 e. The van der Waals surface area contributed by atoms with E-state index >= 15 is 0 Å². The number of carbonyl (C=O) groups excluding carboxylic acids is 1. The summed E-state index contributed by atoms with van der Waals surface area (Å²) in [5, 5.41) is 2.44. The van der Waals surface area contributed by atoms with Crippen molar-refractivity contribution in [2.75, 3.05) is 12.4 Å². The summed E-state index contributed by atoms with van der Waals surface area (Å²) in [5.74, 6) is -0.112. The molecule has 0 spiro atoms. The van der Waals surface area contributed by atoms with Crippen molar-refractivity contribution in [3.63, 3.8) is 0 Å². The first-order chi connectivity index (χ1) is 5.11. The normalized spacial score (nSPS) is 15.6. The first-order valence-corrected chi connectivity index (χ1v) is 5.58. The Morgan fingerprint density at radius 2 is 2.36 bits per heavy atom. The molecule has 0 fully saturated rings. The van der Waals surface area contributed by atoms with Gasteiger partial charge in [-0.15, -0.1) is 0 Å². The molecule has 2 N–H and O–H groups in total. The minimum absolute atomic E-state index is 0.253. The van der Waals surface area contributed by atoms with Crippen LogP contribution in [0.2, 0.25) is 0 Å². The highest BCUT2D eigenvalue weighted by Crippen LogP contribution is 2.26. The topological polar surface area (TPSA) is 41.1 Å². The zero-order chi connectivity index (χ0) is 8.85. The fourth-order valence-electron chi connectivity index (χ4n) is 0.475. The maximum absolute atomic E-state index is 12.4. The van der Waals surface area contributed by atoms with Crippen LogP contribution >= 0.6 is 33.8 Å². The number of thiol groups is 2. The SMILES string of the molecule is CP(F)NC(CS)C(=O)NS. The number of carbonyl (C=O) groups is 1. The average molecular weight is 216 g/mol. The third-order valence-electron chi connectivity index (χ3n) is 0.943. The number of hydrogen-bond acceptors (Lipinski definition) is 4. The van der Waals surface area contributed by atoms with Crippen LogP contribution in [0.15, 0.2) is 0 Å². The van der Waals surface area contributed by atoms with Crippen molar-refractivity contribution in [1.82, 2.24) is 9.81 Å². The van der Waals surface area contributed by atoms with Gasteiger partial charge in [-0.3, -0.25) is 9.88 Å². The molecular weight excluding hydrogens is 206 g/mol. The molecule has 11 heavy (non-hydrogen) atoms. The van der Waals surface area contributed by atoms with E-state index in [0.29, 0.717) is 0 Å². The lowest BCUT2D eigenvalue weighted by molar-refractivity contribution is -0.120. The van der Waals surface area contributed by atoms with Crippen molar-refractivity contribution in [3.8, 4) is 0 Å². The second kappa shape index (κ2) is 6.06. The molecule has 7 heteroatoms. The van der Waals surface area contributed by atoms with Gasteiger partial charge in [0.2, 0.25) is 5.91 Å². The van der Waals surface area contributed by atoms with Gasteiger partial charge in [-0.1, -0.05) is 12.8 Å². The molecule has 1 amide bonds. The molecule has 0 radical (unpaired) electrons. The highest BCUT2D eigenvalue weighted by atomic mass is 32.1. The predicted molar refractivity (Wildman–Crippen MR) is 51.9 cm³/mol. The molecule has 0 aromatic heterocycles. The highest BCUT2D eigenvalue weighted by Gasteiger charge is 2.17. The minimum Gasteiger partial charge on any atom is -0.301 e. The zero-order valence-electron chi connectivity index (χ0n) is 5.91. The van der Waals surface area contributed by atoms with Crippen LogP contribution in [0.1, 0.15) is 0 Å². The quantitative estimate of drug-likeness (QED) is 0.414. The van der Waals surface area contributed by atoms with E-state index in [9.17, 15) is 8.99 Å². The van der Waals surface area contributed by atoms with Crippen LogP contribution in [-0.2, 0) is 4.79 Å². The van der Waals surface area contributed by atoms with Gasteiger partial charge in [0.15, 0.2) is 8.38 Å². The van der Waals surface area contributed by atoms with Crippen LogP contribution in [0, 0.1) is 0 Å². The van der Waals surface area contributed by atoms with Crippen LogP contribution in [0.4, 0.5) is 4.20 Å². The summed E-state index contributed by atoms with van der Waals surface area (Å²) >= 11 is 7.41.